The number of benzene rings is 3. The summed E-state index contributed by atoms with van der Waals surface area (Å²) in [4.78, 5) is 19.6. The average Bonchev–Trinajstić information content (AvgIpc) is 3.50. The van der Waals surface area contributed by atoms with Crippen LogP contribution in [-0.4, -0.2) is 70.3 Å². The first-order chi connectivity index (χ1) is 22.0. The first kappa shape index (κ1) is 30.1. The largest absolute Gasteiger partial charge is 0.497 e. The molecule has 1 saturated carbocycles. The molecule has 1 aliphatic carbocycles. The molecule has 0 saturated heterocycles. The summed E-state index contributed by atoms with van der Waals surface area (Å²) < 4.78 is 28.9. The lowest BCUT2D eigenvalue weighted by Gasteiger charge is -2.48. The van der Waals surface area contributed by atoms with Gasteiger partial charge in [0.1, 0.15) is 17.7 Å². The van der Waals surface area contributed by atoms with Crippen molar-refractivity contribution in [2.24, 2.45) is 16.8 Å². The van der Waals surface area contributed by atoms with Crippen molar-refractivity contribution in [1.29, 1.82) is 0 Å². The highest BCUT2D eigenvalue weighted by Gasteiger charge is 2.49. The van der Waals surface area contributed by atoms with Gasteiger partial charge in [-0.15, -0.1) is 0 Å². The van der Waals surface area contributed by atoms with Crippen LogP contribution in [0.5, 0.6) is 5.75 Å². The zero-order chi connectivity index (χ0) is 31.4. The Bertz CT molecular complexity index is 1750. The number of hydrogen-bond acceptors (Lipinski definition) is 7. The fourth-order valence-electron chi connectivity index (χ4n) is 6.23. The van der Waals surface area contributed by atoms with Crippen molar-refractivity contribution in [3.8, 4) is 5.75 Å². The molecule has 45 heavy (non-hydrogen) atoms. The van der Waals surface area contributed by atoms with E-state index in [0.717, 1.165) is 22.4 Å². The summed E-state index contributed by atoms with van der Waals surface area (Å²) in [5.74, 6) is 0.388. The fourth-order valence-corrected chi connectivity index (χ4v) is 6.23. The third-order valence-corrected chi connectivity index (χ3v) is 8.41. The molecule has 1 N–H and O–H groups in total. The van der Waals surface area contributed by atoms with Gasteiger partial charge in [-0.05, 0) is 34.4 Å². The lowest BCUT2D eigenvalue weighted by atomic mass is 9.65. The van der Waals surface area contributed by atoms with Gasteiger partial charge in [0.15, 0.2) is 17.0 Å². The number of methoxy groups -OCH3 is 1. The van der Waals surface area contributed by atoms with Crippen LogP contribution in [0.1, 0.15) is 22.7 Å². The topological polar surface area (TPSA) is 97.9 Å². The molecular weight excluding hydrogens is 571 g/mol. The number of aliphatic hydroxyl groups is 1. The van der Waals surface area contributed by atoms with Gasteiger partial charge in [0.05, 0.1) is 45.4 Å². The van der Waals surface area contributed by atoms with Crippen LogP contribution >= 0.6 is 0 Å². The number of imidazole rings is 1. The van der Waals surface area contributed by atoms with Gasteiger partial charge in [-0.2, -0.15) is 0 Å². The molecule has 0 bridgehead atoms. The summed E-state index contributed by atoms with van der Waals surface area (Å²) in [7, 11) is 5.37. The van der Waals surface area contributed by atoms with Crippen LogP contribution in [0.25, 0.3) is 11.2 Å². The zero-order valence-electron chi connectivity index (χ0n) is 25.4. The predicted molar refractivity (Wildman–Crippen MR) is 171 cm³/mol. The summed E-state index contributed by atoms with van der Waals surface area (Å²) in [5.41, 5.74) is 3.24. The third-order valence-electron chi connectivity index (χ3n) is 8.41. The lowest BCUT2D eigenvalue weighted by molar-refractivity contribution is -0.0510. The molecular formula is C35H35FN6O3. The normalized spacial score (nSPS) is 19.2. The smallest absolute Gasteiger partial charge is 0.184 e. The van der Waals surface area contributed by atoms with Crippen LogP contribution in [0.4, 0.5) is 10.2 Å². The number of hydrogen-bond donors (Lipinski definition) is 1. The summed E-state index contributed by atoms with van der Waals surface area (Å²) in [6.07, 6.45) is 5.29. The van der Waals surface area contributed by atoms with Crippen LogP contribution in [0.2, 0.25) is 0 Å². The monoisotopic (exact) mass is 606 g/mol. The van der Waals surface area contributed by atoms with Gasteiger partial charge in [-0.25, -0.2) is 24.3 Å². The maximum atomic E-state index is 14.5. The molecule has 3 atom stereocenters. The molecule has 1 aliphatic rings. The van der Waals surface area contributed by atoms with Crippen LogP contribution < -0.4 is 4.74 Å². The van der Waals surface area contributed by atoms with Crippen LogP contribution in [0, 0.1) is 11.8 Å². The second-order valence-corrected chi connectivity index (χ2v) is 11.2. The maximum absolute atomic E-state index is 14.5. The Labute approximate surface area is 261 Å². The number of fused-ring (bicyclic) bond motifs is 1. The van der Waals surface area contributed by atoms with Gasteiger partial charge < -0.3 is 24.0 Å². The number of ether oxygens (including phenoxy) is 2. The zero-order valence-corrected chi connectivity index (χ0v) is 25.4. The number of aliphatic hydroxyl groups excluding tert-OH is 1. The summed E-state index contributed by atoms with van der Waals surface area (Å²) in [6.45, 7) is -0.0358. The van der Waals surface area contributed by atoms with Gasteiger partial charge in [0, 0.05) is 25.9 Å². The first-order valence-electron chi connectivity index (χ1n) is 14.7. The number of aliphatic imine (C=N–C) groups is 1. The maximum Gasteiger partial charge on any atom is 0.184 e. The number of nitrogens with zero attached hydrogens (tertiary/aromatic N) is 6. The lowest BCUT2D eigenvalue weighted by Crippen LogP contribution is -2.47. The molecule has 0 unspecified atom stereocenters. The summed E-state index contributed by atoms with van der Waals surface area (Å²) >= 11 is 0. The Hall–Kier alpha value is -4.93. The van der Waals surface area contributed by atoms with E-state index in [-0.39, 0.29) is 19.1 Å². The van der Waals surface area contributed by atoms with E-state index in [4.69, 9.17) is 9.47 Å². The van der Waals surface area contributed by atoms with E-state index < -0.39 is 17.6 Å². The molecule has 0 amide bonds. The van der Waals surface area contributed by atoms with E-state index in [1.807, 2.05) is 104 Å². The molecule has 9 nitrogen and oxygen atoms in total. The minimum absolute atomic E-state index is 0.194. The Morgan fingerprint density at radius 3 is 2.16 bits per heavy atom. The quantitative estimate of drug-likeness (QED) is 0.117. The molecule has 2 heterocycles. The average molecular weight is 607 g/mol. The number of rotatable bonds is 11. The third kappa shape index (κ3) is 5.47. The van der Waals surface area contributed by atoms with Crippen LogP contribution in [0.15, 0.2) is 114 Å². The Morgan fingerprint density at radius 2 is 1.58 bits per heavy atom. The van der Waals surface area contributed by atoms with Crippen molar-refractivity contribution >= 4 is 23.3 Å². The minimum atomic E-state index is -1.01. The highest BCUT2D eigenvalue weighted by atomic mass is 19.1. The van der Waals surface area contributed by atoms with Gasteiger partial charge in [0.25, 0.3) is 0 Å². The molecule has 2 aromatic heterocycles. The Kier molecular flexibility index (Phi) is 8.68. The minimum Gasteiger partial charge on any atom is -0.497 e. The second-order valence-electron chi connectivity index (χ2n) is 11.2. The molecule has 1 fully saturated rings. The van der Waals surface area contributed by atoms with E-state index in [1.165, 1.54) is 6.33 Å². The van der Waals surface area contributed by atoms with Gasteiger partial charge in [-0.3, -0.25) is 0 Å². The standard InChI is InChI=1S/C35H35FN6O3/c1-41(2)22-40-33-31-34(38-21-37-33)42(23-39-31)32-28(18-36)29(19-43)30(32)20-45-35(24-10-6-4-7-11-24,25-12-8-5-9-13-25)26-14-16-27(44-3)17-15-26/h4-18,21-23,29-30,32,43H,19-20H2,1-3H3/b28-18+,40-22?/t29-,30+,32+/m1/s1. The predicted octanol–water partition coefficient (Wildman–Crippen LogP) is 5.70. The number of aromatic nitrogens is 4. The van der Waals surface area contributed by atoms with E-state index in [1.54, 1.807) is 24.7 Å². The Morgan fingerprint density at radius 1 is 0.933 bits per heavy atom. The molecule has 5 aromatic rings. The molecule has 3 aromatic carbocycles. The van der Waals surface area contributed by atoms with Crippen LogP contribution in [-0.2, 0) is 10.3 Å². The second kappa shape index (κ2) is 13.0. The van der Waals surface area contributed by atoms with Crippen molar-refractivity contribution in [1.82, 2.24) is 24.4 Å². The molecule has 0 radical (unpaired) electrons. The molecule has 0 spiro atoms. The van der Waals surface area contributed by atoms with Gasteiger partial charge >= 0.3 is 0 Å². The van der Waals surface area contributed by atoms with E-state index >= 15 is 0 Å². The van der Waals surface area contributed by atoms with Crippen molar-refractivity contribution in [2.75, 3.05) is 34.4 Å². The van der Waals surface area contributed by atoms with E-state index in [2.05, 4.69) is 19.9 Å². The van der Waals surface area contributed by atoms with E-state index in [9.17, 15) is 9.50 Å². The summed E-state index contributed by atoms with van der Waals surface area (Å²) in [6, 6.07) is 27.4. The van der Waals surface area contributed by atoms with E-state index in [0.29, 0.717) is 28.9 Å². The number of halogens is 1. The molecule has 6 rings (SSSR count). The fraction of sp³-hybridized carbons (Fsp3) is 0.257. The van der Waals surface area contributed by atoms with Gasteiger partial charge in [0.2, 0.25) is 0 Å². The highest BCUT2D eigenvalue weighted by molar-refractivity contribution is 5.83. The highest BCUT2D eigenvalue weighted by Crippen LogP contribution is 2.52. The van der Waals surface area contributed by atoms with Crippen molar-refractivity contribution < 1.29 is 19.0 Å². The Balaban J connectivity index is 1.44. The SMILES string of the molecule is COc1ccc(C(OC[C@H]2[C@H](CO)/C(=C\F)[C@@H]2n2cnc3c(N=CN(C)C)ncnc32)(c2ccccc2)c2ccccc2)cc1. The van der Waals surface area contributed by atoms with Crippen molar-refractivity contribution in [3.63, 3.8) is 0 Å². The molecule has 10 heteroatoms. The molecule has 0 aliphatic heterocycles. The first-order valence-corrected chi connectivity index (χ1v) is 14.7. The van der Waals surface area contributed by atoms with Gasteiger partial charge in [-0.1, -0.05) is 72.8 Å². The van der Waals surface area contributed by atoms with Crippen LogP contribution in [0.3, 0.4) is 0 Å². The molecule has 230 valence electrons. The van der Waals surface area contributed by atoms with Crippen molar-refractivity contribution in [3.05, 3.63) is 126 Å². The summed E-state index contributed by atoms with van der Waals surface area (Å²) in [5, 5.41) is 10.4. The van der Waals surface area contributed by atoms with Crippen molar-refractivity contribution in [2.45, 2.75) is 11.6 Å².